The third kappa shape index (κ3) is 5.81. The van der Waals surface area contributed by atoms with Crippen molar-refractivity contribution >= 4 is 17.6 Å². The van der Waals surface area contributed by atoms with Gasteiger partial charge in [-0.05, 0) is 73.5 Å². The topological polar surface area (TPSA) is 48.1 Å². The summed E-state index contributed by atoms with van der Waals surface area (Å²) < 4.78 is 10.8. The van der Waals surface area contributed by atoms with Gasteiger partial charge in [0.2, 0.25) is 11.9 Å². The van der Waals surface area contributed by atoms with Gasteiger partial charge in [0.15, 0.2) is 0 Å². The summed E-state index contributed by atoms with van der Waals surface area (Å²) in [5.74, 6) is 2.89. The minimum absolute atomic E-state index is 0. The normalized spacial score (nSPS) is 11.9. The van der Waals surface area contributed by atoms with Crippen molar-refractivity contribution in [2.75, 3.05) is 4.90 Å². The third-order valence-electron chi connectivity index (χ3n) is 8.91. The van der Waals surface area contributed by atoms with Crippen LogP contribution in [0.2, 0.25) is 0 Å². The van der Waals surface area contributed by atoms with Crippen molar-refractivity contribution in [3.8, 4) is 45.4 Å². The smallest absolute Gasteiger partial charge is 0.497 e. The molecule has 0 spiro atoms. The standard InChI is InChI=1S/C42H35N5O.Pt/c1-27(2)36-22-10-15-30(5)40(36)46-26-38-32-17-12-21-35(24-32)48-34-20-11-16-31(23-34)37-25-45(39-28(3)13-9-14-29(39)4)41(43-37)47(42(46)44-38)33-18-7-6-8-19-33;/h6-22,25-27H,1-5H3;/q-2;+2. The van der Waals surface area contributed by atoms with Crippen LogP contribution in [0.4, 0.5) is 17.6 Å². The molecule has 8 bridgehead atoms. The summed E-state index contributed by atoms with van der Waals surface area (Å²) in [5.41, 5.74) is 11.0. The number of para-hydroxylation sites is 3. The molecule has 0 amide bonds. The Morgan fingerprint density at radius 3 is 1.61 bits per heavy atom. The van der Waals surface area contributed by atoms with Gasteiger partial charge >= 0.3 is 21.1 Å². The third-order valence-corrected chi connectivity index (χ3v) is 8.91. The first-order valence-electron chi connectivity index (χ1n) is 16.3. The van der Waals surface area contributed by atoms with Gasteiger partial charge in [0.05, 0.1) is 17.1 Å². The maximum atomic E-state index is 6.34. The molecular weight excluding hydrogens is 786 g/mol. The number of benzene rings is 5. The fraction of sp³-hybridized carbons (Fsp3) is 0.143. The van der Waals surface area contributed by atoms with E-state index in [1.54, 1.807) is 0 Å². The van der Waals surface area contributed by atoms with Gasteiger partial charge in [0, 0.05) is 22.9 Å². The average molecular weight is 821 g/mol. The van der Waals surface area contributed by atoms with E-state index < -0.39 is 0 Å². The van der Waals surface area contributed by atoms with Crippen LogP contribution < -0.4 is 9.64 Å². The Balaban J connectivity index is 0.00000378. The molecule has 0 atom stereocenters. The second-order valence-electron chi connectivity index (χ2n) is 12.6. The van der Waals surface area contributed by atoms with Crippen LogP contribution in [0.25, 0.3) is 33.9 Å². The molecule has 0 saturated heterocycles. The van der Waals surface area contributed by atoms with Gasteiger partial charge in [-0.3, -0.25) is 24.0 Å². The molecule has 1 aliphatic rings. The maximum Gasteiger partial charge on any atom is 2.00 e. The molecule has 7 heteroatoms. The van der Waals surface area contributed by atoms with Crippen molar-refractivity contribution < 1.29 is 25.8 Å². The van der Waals surface area contributed by atoms with Crippen molar-refractivity contribution in [2.45, 2.75) is 40.5 Å². The number of aryl methyl sites for hydroxylation is 3. The van der Waals surface area contributed by atoms with Gasteiger partial charge in [-0.25, -0.2) is 0 Å². The van der Waals surface area contributed by atoms with Crippen molar-refractivity contribution in [3.05, 3.63) is 150 Å². The molecule has 3 heterocycles. The molecular formula is C42H35N5OPt. The van der Waals surface area contributed by atoms with E-state index >= 15 is 0 Å². The van der Waals surface area contributed by atoms with E-state index in [9.17, 15) is 0 Å². The fourth-order valence-corrected chi connectivity index (χ4v) is 6.64. The molecule has 8 rings (SSSR count). The van der Waals surface area contributed by atoms with E-state index in [4.69, 9.17) is 14.7 Å². The van der Waals surface area contributed by atoms with Crippen LogP contribution in [0.1, 0.15) is 42.0 Å². The molecule has 0 radical (unpaired) electrons. The maximum absolute atomic E-state index is 6.34. The monoisotopic (exact) mass is 820 g/mol. The number of rotatable bonds is 4. The summed E-state index contributed by atoms with van der Waals surface area (Å²) in [7, 11) is 0. The Morgan fingerprint density at radius 2 is 1.06 bits per heavy atom. The van der Waals surface area contributed by atoms with Gasteiger partial charge in [0.25, 0.3) is 0 Å². The quantitative estimate of drug-likeness (QED) is 0.166. The van der Waals surface area contributed by atoms with Crippen LogP contribution in [-0.4, -0.2) is 19.1 Å². The van der Waals surface area contributed by atoms with Crippen LogP contribution in [0.3, 0.4) is 0 Å². The van der Waals surface area contributed by atoms with Crippen LogP contribution in [-0.2, 0) is 21.1 Å². The minimum Gasteiger partial charge on any atom is -0.497 e. The minimum atomic E-state index is 0. The molecule has 7 aromatic rings. The molecule has 0 N–H and O–H groups in total. The summed E-state index contributed by atoms with van der Waals surface area (Å²) >= 11 is 0. The molecule has 0 unspecified atom stereocenters. The summed E-state index contributed by atoms with van der Waals surface area (Å²) in [6, 6.07) is 42.1. The predicted octanol–water partition coefficient (Wildman–Crippen LogP) is 10.6. The largest absolute Gasteiger partial charge is 2.00 e. The van der Waals surface area contributed by atoms with Gasteiger partial charge < -0.3 is 4.74 Å². The fourth-order valence-electron chi connectivity index (χ4n) is 6.64. The van der Waals surface area contributed by atoms with E-state index in [0.717, 1.165) is 56.3 Å². The average Bonchev–Trinajstić information content (AvgIpc) is 3.71. The SMILES string of the molecule is Cc1cccc(C)c1-n1cc2nc1N(c1ccccc1)c1nc(cn1-c1c(C)cccc1C(C)C)-c1[c-]c(ccc1)Oc1[c-]c-2ccc1.[Pt+2]. The van der Waals surface area contributed by atoms with E-state index in [1.165, 1.54) is 5.56 Å². The first kappa shape index (κ1) is 32.4. The predicted molar refractivity (Wildman–Crippen MR) is 192 cm³/mol. The molecule has 0 saturated carbocycles. The van der Waals surface area contributed by atoms with Crippen LogP contribution in [0.15, 0.2) is 116 Å². The van der Waals surface area contributed by atoms with Crippen molar-refractivity contribution in [2.24, 2.45) is 0 Å². The molecule has 0 aliphatic carbocycles. The summed E-state index contributed by atoms with van der Waals surface area (Å²) in [6.07, 6.45) is 4.22. The second-order valence-corrected chi connectivity index (χ2v) is 12.6. The Kier molecular flexibility index (Phi) is 8.60. The van der Waals surface area contributed by atoms with Gasteiger partial charge in [-0.2, -0.15) is 0 Å². The molecule has 244 valence electrons. The van der Waals surface area contributed by atoms with Crippen LogP contribution >= 0.6 is 0 Å². The molecule has 0 fully saturated rings. The zero-order valence-electron chi connectivity index (χ0n) is 28.0. The van der Waals surface area contributed by atoms with Crippen molar-refractivity contribution in [1.29, 1.82) is 0 Å². The van der Waals surface area contributed by atoms with E-state index in [-0.39, 0.29) is 27.0 Å². The molecule has 49 heavy (non-hydrogen) atoms. The Hall–Kier alpha value is -5.19. The van der Waals surface area contributed by atoms with Gasteiger partial charge in [-0.1, -0.05) is 80.6 Å². The zero-order valence-corrected chi connectivity index (χ0v) is 30.3. The van der Waals surface area contributed by atoms with E-state index in [1.807, 2.05) is 42.5 Å². The number of hydrogen-bond donors (Lipinski definition) is 0. The number of anilines is 3. The molecule has 6 nitrogen and oxygen atoms in total. The number of imidazole rings is 2. The first-order valence-corrected chi connectivity index (χ1v) is 16.3. The number of ether oxygens (including phenoxy) is 1. The Bertz CT molecular complexity index is 2280. The molecule has 5 aromatic carbocycles. The zero-order chi connectivity index (χ0) is 32.9. The summed E-state index contributed by atoms with van der Waals surface area (Å²) in [5, 5.41) is 0. The van der Waals surface area contributed by atoms with Crippen LogP contribution in [0.5, 0.6) is 11.5 Å². The van der Waals surface area contributed by atoms with E-state index in [2.05, 4.69) is 134 Å². The molecule has 2 aromatic heterocycles. The number of fused-ring (bicyclic) bond motifs is 10. The summed E-state index contributed by atoms with van der Waals surface area (Å²) in [4.78, 5) is 13.0. The van der Waals surface area contributed by atoms with Crippen molar-refractivity contribution in [3.63, 3.8) is 0 Å². The number of aromatic nitrogens is 4. The Labute approximate surface area is 301 Å². The molecule has 1 aliphatic heterocycles. The second kappa shape index (κ2) is 13.0. The number of nitrogens with zero attached hydrogens (tertiary/aromatic N) is 5. The van der Waals surface area contributed by atoms with E-state index in [0.29, 0.717) is 23.4 Å². The van der Waals surface area contributed by atoms with Crippen LogP contribution in [0, 0.1) is 32.9 Å². The number of hydrogen-bond acceptors (Lipinski definition) is 4. The Morgan fingerprint density at radius 1 is 0.571 bits per heavy atom. The van der Waals surface area contributed by atoms with Gasteiger partial charge in [-0.15, -0.1) is 47.5 Å². The summed E-state index contributed by atoms with van der Waals surface area (Å²) in [6.45, 7) is 10.9. The van der Waals surface area contributed by atoms with Gasteiger partial charge in [0.1, 0.15) is 0 Å². The first-order chi connectivity index (χ1) is 23.4. The van der Waals surface area contributed by atoms with Crippen molar-refractivity contribution in [1.82, 2.24) is 19.1 Å².